The lowest BCUT2D eigenvalue weighted by Gasteiger charge is -1.99. The molecule has 2 rings (SSSR count). The van der Waals surface area contributed by atoms with Crippen molar-refractivity contribution in [1.29, 1.82) is 0 Å². The summed E-state index contributed by atoms with van der Waals surface area (Å²) in [6.07, 6.45) is 0. The number of hydrogen-bond donors (Lipinski definition) is 0. The van der Waals surface area contributed by atoms with Crippen molar-refractivity contribution in [2.45, 2.75) is 5.75 Å². The molecule has 1 heterocycles. The SMILES string of the molecule is Cn1nnc(-c2ccc(CS(=O)(=O)Cl)cc2)n1. The van der Waals surface area contributed by atoms with Gasteiger partial charge in [0.25, 0.3) is 0 Å². The molecule has 2 aromatic rings. The Morgan fingerprint density at radius 2 is 1.94 bits per heavy atom. The summed E-state index contributed by atoms with van der Waals surface area (Å²) >= 11 is 0. The van der Waals surface area contributed by atoms with Gasteiger partial charge in [0.1, 0.15) is 0 Å². The Bertz CT molecular complexity index is 621. The molecule has 0 aliphatic heterocycles. The van der Waals surface area contributed by atoms with E-state index in [1.807, 2.05) is 0 Å². The number of hydrogen-bond acceptors (Lipinski definition) is 5. The van der Waals surface area contributed by atoms with Gasteiger partial charge in [0.2, 0.25) is 14.9 Å². The van der Waals surface area contributed by atoms with Gasteiger partial charge in [-0.2, -0.15) is 4.80 Å². The first-order chi connectivity index (χ1) is 7.94. The Morgan fingerprint density at radius 1 is 1.29 bits per heavy atom. The third-order valence-corrected chi connectivity index (χ3v) is 3.07. The standard InChI is InChI=1S/C9H9ClN4O2S/c1-14-12-9(11-13-14)8-4-2-7(3-5-8)6-17(10,15)16/h2-5H,6H2,1H3. The smallest absolute Gasteiger partial charge is 0.212 e. The van der Waals surface area contributed by atoms with Gasteiger partial charge in [0, 0.05) is 16.2 Å². The summed E-state index contributed by atoms with van der Waals surface area (Å²) in [5.41, 5.74) is 1.39. The van der Waals surface area contributed by atoms with E-state index in [9.17, 15) is 8.42 Å². The average molecular weight is 273 g/mol. The minimum Gasteiger partial charge on any atom is -0.212 e. The first kappa shape index (κ1) is 12.0. The van der Waals surface area contributed by atoms with Crippen LogP contribution in [-0.4, -0.2) is 28.6 Å². The van der Waals surface area contributed by atoms with Crippen LogP contribution < -0.4 is 0 Å². The van der Waals surface area contributed by atoms with Crippen LogP contribution in [0.5, 0.6) is 0 Å². The normalized spacial score (nSPS) is 11.6. The summed E-state index contributed by atoms with van der Waals surface area (Å²) in [5.74, 6) is 0.302. The van der Waals surface area contributed by atoms with Crippen molar-refractivity contribution in [1.82, 2.24) is 20.2 Å². The number of aromatic nitrogens is 4. The molecule has 0 amide bonds. The summed E-state index contributed by atoms with van der Waals surface area (Å²) in [6.45, 7) is 0. The van der Waals surface area contributed by atoms with Crippen molar-refractivity contribution >= 4 is 19.7 Å². The Morgan fingerprint density at radius 3 is 2.41 bits per heavy atom. The van der Waals surface area contributed by atoms with E-state index in [1.54, 1.807) is 31.3 Å². The molecule has 90 valence electrons. The maximum Gasteiger partial charge on any atom is 0.236 e. The monoisotopic (exact) mass is 272 g/mol. The number of aryl methyl sites for hydroxylation is 1. The first-order valence-corrected chi connectivity index (χ1v) is 7.17. The van der Waals surface area contributed by atoms with E-state index >= 15 is 0 Å². The van der Waals surface area contributed by atoms with Crippen LogP contribution in [0.2, 0.25) is 0 Å². The van der Waals surface area contributed by atoms with Gasteiger partial charge in [-0.05, 0) is 10.8 Å². The Hall–Kier alpha value is -1.47. The quantitative estimate of drug-likeness (QED) is 0.777. The second-order valence-electron chi connectivity index (χ2n) is 3.48. The molecular formula is C9H9ClN4O2S. The van der Waals surface area contributed by atoms with Crippen LogP contribution in [0, 0.1) is 0 Å². The van der Waals surface area contributed by atoms with Gasteiger partial charge >= 0.3 is 0 Å². The molecule has 0 bridgehead atoms. The van der Waals surface area contributed by atoms with Crippen molar-refractivity contribution in [2.75, 3.05) is 0 Å². The molecule has 0 spiro atoms. The lowest BCUT2D eigenvalue weighted by atomic mass is 10.1. The second kappa shape index (κ2) is 4.42. The fourth-order valence-corrected chi connectivity index (χ4v) is 2.32. The molecule has 0 fully saturated rings. The van der Waals surface area contributed by atoms with Crippen molar-refractivity contribution in [3.8, 4) is 11.4 Å². The Kier molecular flexibility index (Phi) is 3.12. The van der Waals surface area contributed by atoms with Crippen LogP contribution in [0.1, 0.15) is 5.56 Å². The molecule has 0 atom stereocenters. The highest BCUT2D eigenvalue weighted by Crippen LogP contribution is 2.16. The van der Waals surface area contributed by atoms with Gasteiger partial charge in [-0.15, -0.1) is 10.2 Å². The predicted molar refractivity (Wildman–Crippen MR) is 62.7 cm³/mol. The van der Waals surface area contributed by atoms with E-state index in [1.165, 1.54) is 4.80 Å². The number of benzene rings is 1. The van der Waals surface area contributed by atoms with Crippen LogP contribution in [0.3, 0.4) is 0 Å². The predicted octanol–water partition coefficient (Wildman–Crippen LogP) is 0.946. The molecule has 6 nitrogen and oxygen atoms in total. The molecule has 0 radical (unpaired) electrons. The molecule has 0 aliphatic carbocycles. The highest BCUT2D eigenvalue weighted by atomic mass is 35.7. The number of tetrazole rings is 1. The van der Waals surface area contributed by atoms with Gasteiger partial charge in [0.05, 0.1) is 12.8 Å². The highest BCUT2D eigenvalue weighted by molar-refractivity contribution is 8.13. The van der Waals surface area contributed by atoms with Gasteiger partial charge in [-0.1, -0.05) is 24.3 Å². The zero-order valence-electron chi connectivity index (χ0n) is 8.91. The molecule has 8 heteroatoms. The van der Waals surface area contributed by atoms with E-state index in [0.717, 1.165) is 5.56 Å². The molecule has 0 aliphatic rings. The van der Waals surface area contributed by atoms with E-state index in [-0.39, 0.29) is 5.75 Å². The molecule has 0 unspecified atom stereocenters. The summed E-state index contributed by atoms with van der Waals surface area (Å²) < 4.78 is 21.8. The third-order valence-electron chi connectivity index (χ3n) is 2.06. The fourth-order valence-electron chi connectivity index (χ4n) is 1.35. The topological polar surface area (TPSA) is 77.7 Å². The number of rotatable bonds is 3. The van der Waals surface area contributed by atoms with Gasteiger partial charge in [0.15, 0.2) is 0 Å². The minimum atomic E-state index is -3.53. The van der Waals surface area contributed by atoms with Crippen molar-refractivity contribution in [3.63, 3.8) is 0 Å². The Balaban J connectivity index is 2.24. The summed E-state index contributed by atoms with van der Waals surface area (Å²) in [7, 11) is 3.31. The van der Waals surface area contributed by atoms with Crippen LogP contribution >= 0.6 is 10.7 Å². The molecular weight excluding hydrogens is 264 g/mol. The summed E-state index contributed by atoms with van der Waals surface area (Å²) in [6, 6.07) is 6.81. The van der Waals surface area contributed by atoms with Crippen LogP contribution in [0.4, 0.5) is 0 Å². The number of nitrogens with zero attached hydrogens (tertiary/aromatic N) is 4. The maximum atomic E-state index is 10.9. The van der Waals surface area contributed by atoms with Gasteiger partial charge in [-0.3, -0.25) is 0 Å². The zero-order valence-corrected chi connectivity index (χ0v) is 10.5. The second-order valence-corrected chi connectivity index (χ2v) is 6.26. The van der Waals surface area contributed by atoms with E-state index in [4.69, 9.17) is 10.7 Å². The van der Waals surface area contributed by atoms with Crippen molar-refractivity contribution < 1.29 is 8.42 Å². The molecule has 1 aromatic carbocycles. The zero-order chi connectivity index (χ0) is 12.5. The molecule has 1 aromatic heterocycles. The van der Waals surface area contributed by atoms with Crippen molar-refractivity contribution in [2.24, 2.45) is 7.05 Å². The molecule has 0 N–H and O–H groups in total. The lowest BCUT2D eigenvalue weighted by molar-refractivity contribution is 0.609. The van der Waals surface area contributed by atoms with E-state index < -0.39 is 9.05 Å². The highest BCUT2D eigenvalue weighted by Gasteiger charge is 2.08. The summed E-state index contributed by atoms with van der Waals surface area (Å²) in [4.78, 5) is 1.35. The maximum absolute atomic E-state index is 10.9. The van der Waals surface area contributed by atoms with Gasteiger partial charge < -0.3 is 0 Å². The van der Waals surface area contributed by atoms with Crippen LogP contribution in [-0.2, 0) is 21.9 Å². The third kappa shape index (κ3) is 3.24. The Labute approximate surface area is 103 Å². The largest absolute Gasteiger partial charge is 0.236 e. The molecule has 0 saturated heterocycles. The number of halogens is 1. The summed E-state index contributed by atoms with van der Waals surface area (Å²) in [5, 5.41) is 11.6. The first-order valence-electron chi connectivity index (χ1n) is 4.70. The lowest BCUT2D eigenvalue weighted by Crippen LogP contribution is -1.95. The van der Waals surface area contributed by atoms with E-state index in [2.05, 4.69) is 15.4 Å². The van der Waals surface area contributed by atoms with Gasteiger partial charge in [-0.25, -0.2) is 8.42 Å². The average Bonchev–Trinajstić information content (AvgIpc) is 2.63. The fraction of sp³-hybridized carbons (Fsp3) is 0.222. The van der Waals surface area contributed by atoms with Crippen LogP contribution in [0.25, 0.3) is 11.4 Å². The van der Waals surface area contributed by atoms with Crippen molar-refractivity contribution in [3.05, 3.63) is 29.8 Å². The minimum absolute atomic E-state index is 0.192. The van der Waals surface area contributed by atoms with E-state index in [0.29, 0.717) is 11.4 Å². The molecule has 0 saturated carbocycles. The molecule has 17 heavy (non-hydrogen) atoms. The van der Waals surface area contributed by atoms with Crippen LogP contribution in [0.15, 0.2) is 24.3 Å².